The molecule has 1 rings (SSSR count). The van der Waals surface area contributed by atoms with Crippen molar-refractivity contribution in [1.82, 2.24) is 0 Å². The van der Waals surface area contributed by atoms with Crippen molar-refractivity contribution in [3.8, 4) is 0 Å². The van der Waals surface area contributed by atoms with Gasteiger partial charge in [-0.25, -0.2) is 12.8 Å². The number of halogens is 1. The van der Waals surface area contributed by atoms with E-state index in [1.807, 2.05) is 0 Å². The highest BCUT2D eigenvalue weighted by atomic mass is 32.2. The van der Waals surface area contributed by atoms with E-state index >= 15 is 0 Å². The first kappa shape index (κ1) is 12.1. The molecule has 0 bridgehead atoms. The number of benzene rings is 1. The molecule has 5 heteroatoms. The second-order valence-electron chi connectivity index (χ2n) is 3.66. The fourth-order valence-electron chi connectivity index (χ4n) is 1.14. The van der Waals surface area contributed by atoms with Crippen molar-refractivity contribution < 1.29 is 17.9 Å². The van der Waals surface area contributed by atoms with Gasteiger partial charge < -0.3 is 5.11 Å². The SMILES string of the molecule is CC(F)(CO)c1cccc(S(C)(=O)=O)c1. The van der Waals surface area contributed by atoms with E-state index in [-0.39, 0.29) is 10.5 Å². The summed E-state index contributed by atoms with van der Waals surface area (Å²) in [6.07, 6.45) is 1.06. The highest BCUT2D eigenvalue weighted by molar-refractivity contribution is 7.90. The van der Waals surface area contributed by atoms with Gasteiger partial charge >= 0.3 is 0 Å². The van der Waals surface area contributed by atoms with Gasteiger partial charge in [-0.05, 0) is 24.6 Å². The van der Waals surface area contributed by atoms with Crippen molar-refractivity contribution in [2.45, 2.75) is 17.5 Å². The van der Waals surface area contributed by atoms with Gasteiger partial charge in [-0.2, -0.15) is 0 Å². The molecule has 15 heavy (non-hydrogen) atoms. The van der Waals surface area contributed by atoms with Crippen LogP contribution in [0.2, 0.25) is 0 Å². The van der Waals surface area contributed by atoms with E-state index in [1.165, 1.54) is 31.2 Å². The molecule has 1 aromatic carbocycles. The predicted octanol–water partition coefficient (Wildman–Crippen LogP) is 1.27. The van der Waals surface area contributed by atoms with Crippen LogP contribution in [0.3, 0.4) is 0 Å². The van der Waals surface area contributed by atoms with Gasteiger partial charge in [-0.3, -0.25) is 0 Å². The van der Waals surface area contributed by atoms with E-state index in [9.17, 15) is 12.8 Å². The number of aliphatic hydroxyl groups is 1. The quantitative estimate of drug-likeness (QED) is 0.853. The van der Waals surface area contributed by atoms with Crippen molar-refractivity contribution in [3.05, 3.63) is 29.8 Å². The molecule has 0 aliphatic heterocycles. The van der Waals surface area contributed by atoms with E-state index in [0.717, 1.165) is 6.26 Å². The number of sulfone groups is 1. The Labute approximate surface area is 88.5 Å². The Balaban J connectivity index is 3.26. The summed E-state index contributed by atoms with van der Waals surface area (Å²) in [5, 5.41) is 8.82. The molecule has 0 saturated heterocycles. The molecule has 1 N–H and O–H groups in total. The molecular weight excluding hydrogens is 219 g/mol. The van der Waals surface area contributed by atoms with Crippen molar-refractivity contribution >= 4 is 9.84 Å². The van der Waals surface area contributed by atoms with E-state index in [1.54, 1.807) is 0 Å². The van der Waals surface area contributed by atoms with Crippen LogP contribution in [0.25, 0.3) is 0 Å². The maximum absolute atomic E-state index is 13.7. The van der Waals surface area contributed by atoms with Gasteiger partial charge in [0, 0.05) is 6.26 Å². The number of aliphatic hydroxyl groups excluding tert-OH is 1. The monoisotopic (exact) mass is 232 g/mol. The molecule has 0 amide bonds. The minimum absolute atomic E-state index is 0.0531. The molecule has 0 heterocycles. The number of alkyl halides is 1. The summed E-state index contributed by atoms with van der Waals surface area (Å²) in [5.41, 5.74) is -1.76. The Hall–Kier alpha value is -0.940. The predicted molar refractivity (Wildman–Crippen MR) is 55.1 cm³/mol. The third kappa shape index (κ3) is 2.76. The van der Waals surface area contributed by atoms with Crippen LogP contribution in [-0.4, -0.2) is 26.4 Å². The van der Waals surface area contributed by atoms with E-state index in [2.05, 4.69) is 0 Å². The van der Waals surface area contributed by atoms with Gasteiger partial charge in [-0.15, -0.1) is 0 Å². The summed E-state index contributed by atoms with van der Waals surface area (Å²) in [5.74, 6) is 0. The normalized spacial score (nSPS) is 16.0. The third-order valence-corrected chi connectivity index (χ3v) is 3.27. The van der Waals surface area contributed by atoms with Crippen LogP contribution in [0.15, 0.2) is 29.2 Å². The first-order chi connectivity index (χ1) is 6.77. The molecule has 0 aliphatic carbocycles. The lowest BCUT2D eigenvalue weighted by molar-refractivity contribution is 0.0866. The summed E-state index contributed by atoms with van der Waals surface area (Å²) in [7, 11) is -3.34. The highest BCUT2D eigenvalue weighted by Crippen LogP contribution is 2.26. The van der Waals surface area contributed by atoms with Crippen LogP contribution in [0.1, 0.15) is 12.5 Å². The molecule has 1 unspecified atom stereocenters. The fourth-order valence-corrected chi connectivity index (χ4v) is 1.81. The van der Waals surface area contributed by atoms with E-state index in [4.69, 9.17) is 5.11 Å². The Kier molecular flexibility index (Phi) is 3.16. The Morgan fingerprint density at radius 1 is 1.47 bits per heavy atom. The Bertz CT molecular complexity index is 451. The summed E-state index contributed by atoms with van der Waals surface area (Å²) in [6.45, 7) is 0.522. The van der Waals surface area contributed by atoms with Crippen molar-refractivity contribution in [3.63, 3.8) is 0 Å². The molecule has 0 radical (unpaired) electrons. The van der Waals surface area contributed by atoms with Crippen LogP contribution < -0.4 is 0 Å². The zero-order valence-electron chi connectivity index (χ0n) is 8.57. The van der Waals surface area contributed by atoms with Crippen molar-refractivity contribution in [2.24, 2.45) is 0 Å². The number of hydrogen-bond donors (Lipinski definition) is 1. The molecule has 1 aromatic rings. The van der Waals surface area contributed by atoms with Crippen molar-refractivity contribution in [1.29, 1.82) is 0 Å². The lowest BCUT2D eigenvalue weighted by Crippen LogP contribution is -2.20. The van der Waals surface area contributed by atoms with E-state index < -0.39 is 22.1 Å². The largest absolute Gasteiger partial charge is 0.393 e. The van der Waals surface area contributed by atoms with Gasteiger partial charge in [0.25, 0.3) is 0 Å². The van der Waals surface area contributed by atoms with Crippen LogP contribution in [0.4, 0.5) is 4.39 Å². The molecule has 84 valence electrons. The van der Waals surface area contributed by atoms with Crippen molar-refractivity contribution in [2.75, 3.05) is 12.9 Å². The fraction of sp³-hybridized carbons (Fsp3) is 0.400. The molecule has 0 spiro atoms. The standard InChI is InChI=1S/C10H13FO3S/c1-10(11,7-12)8-4-3-5-9(6-8)15(2,13)14/h3-6,12H,7H2,1-2H3. The van der Waals surface area contributed by atoms with Gasteiger partial charge in [0.2, 0.25) is 0 Å². The molecular formula is C10H13FO3S. The second-order valence-corrected chi connectivity index (χ2v) is 5.67. The van der Waals surface area contributed by atoms with Crippen LogP contribution >= 0.6 is 0 Å². The zero-order valence-corrected chi connectivity index (χ0v) is 9.38. The number of hydrogen-bond acceptors (Lipinski definition) is 3. The average molecular weight is 232 g/mol. The first-order valence-electron chi connectivity index (χ1n) is 4.38. The summed E-state index contributed by atoms with van der Waals surface area (Å²) < 4.78 is 36.1. The average Bonchev–Trinajstić information content (AvgIpc) is 2.17. The highest BCUT2D eigenvalue weighted by Gasteiger charge is 2.25. The Morgan fingerprint density at radius 2 is 2.07 bits per heavy atom. The van der Waals surface area contributed by atoms with Gasteiger partial charge in [0.15, 0.2) is 15.5 Å². The number of rotatable bonds is 3. The van der Waals surface area contributed by atoms with Crippen LogP contribution in [0, 0.1) is 0 Å². The zero-order chi connectivity index (χ0) is 11.7. The molecule has 0 aliphatic rings. The lowest BCUT2D eigenvalue weighted by atomic mass is 9.99. The van der Waals surface area contributed by atoms with Crippen LogP contribution in [-0.2, 0) is 15.5 Å². The maximum atomic E-state index is 13.7. The summed E-state index contributed by atoms with van der Waals surface area (Å²) >= 11 is 0. The lowest BCUT2D eigenvalue weighted by Gasteiger charge is -2.18. The second kappa shape index (κ2) is 3.90. The van der Waals surface area contributed by atoms with Gasteiger partial charge in [-0.1, -0.05) is 12.1 Å². The first-order valence-corrected chi connectivity index (χ1v) is 6.27. The Morgan fingerprint density at radius 3 is 2.53 bits per heavy atom. The minimum Gasteiger partial charge on any atom is -0.393 e. The molecule has 0 saturated carbocycles. The minimum atomic E-state index is -3.34. The van der Waals surface area contributed by atoms with Gasteiger partial charge in [0.05, 0.1) is 11.5 Å². The van der Waals surface area contributed by atoms with Crippen LogP contribution in [0.5, 0.6) is 0 Å². The van der Waals surface area contributed by atoms with E-state index in [0.29, 0.717) is 0 Å². The third-order valence-electron chi connectivity index (χ3n) is 2.16. The molecule has 0 fully saturated rings. The molecule has 1 atom stereocenters. The maximum Gasteiger partial charge on any atom is 0.175 e. The topological polar surface area (TPSA) is 54.4 Å². The molecule has 3 nitrogen and oxygen atoms in total. The smallest absolute Gasteiger partial charge is 0.175 e. The summed E-state index contributed by atoms with van der Waals surface area (Å²) in [4.78, 5) is 0.0531. The molecule has 0 aromatic heterocycles. The van der Waals surface area contributed by atoms with Gasteiger partial charge in [0.1, 0.15) is 0 Å². The summed E-state index contributed by atoms with van der Waals surface area (Å²) in [6, 6.07) is 5.54.